The number of benzene rings is 1. The van der Waals surface area contributed by atoms with E-state index in [1.54, 1.807) is 0 Å². The number of nitrogens with one attached hydrogen (secondary N) is 1. The predicted molar refractivity (Wildman–Crippen MR) is 60.2 cm³/mol. The van der Waals surface area contributed by atoms with Crippen LogP contribution in [-0.2, 0) is 6.54 Å². The van der Waals surface area contributed by atoms with Gasteiger partial charge in [0.2, 0.25) is 0 Å². The Morgan fingerprint density at radius 3 is 2.31 bits per heavy atom. The van der Waals surface area contributed by atoms with Gasteiger partial charge in [0.05, 0.1) is 0 Å². The molecule has 0 amide bonds. The lowest BCUT2D eigenvalue weighted by molar-refractivity contribution is 0.817. The fourth-order valence-electron chi connectivity index (χ4n) is 1.16. The fraction of sp³-hybridized carbons (Fsp3) is 0.455. The number of rotatable bonds is 4. The summed E-state index contributed by atoms with van der Waals surface area (Å²) in [6.45, 7) is 5.38. The second kappa shape index (κ2) is 5.30. The van der Waals surface area contributed by atoms with Crippen LogP contribution in [0.2, 0.25) is 0 Å². The number of hydrogen-bond acceptors (Lipinski definition) is 2. The van der Waals surface area contributed by atoms with Gasteiger partial charge in [-0.3, -0.25) is 0 Å². The van der Waals surface area contributed by atoms with E-state index in [-0.39, 0.29) is 0 Å². The first kappa shape index (κ1) is 10.6. The number of hydrogen-bond donors (Lipinski definition) is 1. The van der Waals surface area contributed by atoms with Crippen molar-refractivity contribution in [2.75, 3.05) is 7.05 Å². The highest BCUT2D eigenvalue weighted by Crippen LogP contribution is 2.22. The minimum Gasteiger partial charge on any atom is -0.316 e. The fourth-order valence-corrected chi connectivity index (χ4v) is 2.00. The molecule has 1 rings (SSSR count). The Hall–Kier alpha value is -0.470. The van der Waals surface area contributed by atoms with Gasteiger partial charge in [0.25, 0.3) is 0 Å². The highest BCUT2D eigenvalue weighted by Gasteiger charge is 1.97. The third-order valence-electron chi connectivity index (χ3n) is 1.68. The van der Waals surface area contributed by atoms with Gasteiger partial charge in [0, 0.05) is 16.7 Å². The molecule has 0 aliphatic rings. The highest BCUT2D eigenvalue weighted by molar-refractivity contribution is 7.99. The summed E-state index contributed by atoms with van der Waals surface area (Å²) in [5, 5.41) is 3.80. The molecule has 0 aliphatic carbocycles. The molecule has 1 aromatic carbocycles. The zero-order valence-corrected chi connectivity index (χ0v) is 9.32. The monoisotopic (exact) mass is 195 g/mol. The van der Waals surface area contributed by atoms with Gasteiger partial charge in [-0.05, 0) is 24.7 Å². The minimum absolute atomic E-state index is 0.662. The SMILES string of the molecule is CNCc1ccc(SC(C)C)cc1. The van der Waals surface area contributed by atoms with Crippen molar-refractivity contribution in [1.29, 1.82) is 0 Å². The van der Waals surface area contributed by atoms with Crippen molar-refractivity contribution in [2.45, 2.75) is 30.5 Å². The lowest BCUT2D eigenvalue weighted by Gasteiger charge is -2.05. The average Bonchev–Trinajstić information content (AvgIpc) is 2.08. The highest BCUT2D eigenvalue weighted by atomic mass is 32.2. The van der Waals surface area contributed by atoms with Crippen LogP contribution in [0.15, 0.2) is 29.2 Å². The van der Waals surface area contributed by atoms with E-state index in [1.165, 1.54) is 10.5 Å². The lowest BCUT2D eigenvalue weighted by atomic mass is 10.2. The Morgan fingerprint density at radius 1 is 1.23 bits per heavy atom. The Labute approximate surface area is 84.9 Å². The topological polar surface area (TPSA) is 12.0 Å². The third kappa shape index (κ3) is 3.83. The van der Waals surface area contributed by atoms with Crippen molar-refractivity contribution in [3.05, 3.63) is 29.8 Å². The molecule has 0 aromatic heterocycles. The molecule has 1 nitrogen and oxygen atoms in total. The first-order valence-electron chi connectivity index (χ1n) is 4.62. The quantitative estimate of drug-likeness (QED) is 0.741. The molecule has 0 atom stereocenters. The first-order chi connectivity index (χ1) is 6.22. The molecule has 1 aromatic rings. The molecule has 13 heavy (non-hydrogen) atoms. The standard InChI is InChI=1S/C11H17NS/c1-9(2)13-11-6-4-10(5-7-11)8-12-3/h4-7,9,12H,8H2,1-3H3. The lowest BCUT2D eigenvalue weighted by Crippen LogP contribution is -2.04. The van der Waals surface area contributed by atoms with Gasteiger partial charge in [-0.15, -0.1) is 11.8 Å². The zero-order valence-electron chi connectivity index (χ0n) is 8.50. The van der Waals surface area contributed by atoms with Crippen molar-refractivity contribution >= 4 is 11.8 Å². The van der Waals surface area contributed by atoms with E-state index in [9.17, 15) is 0 Å². The van der Waals surface area contributed by atoms with Crippen molar-refractivity contribution < 1.29 is 0 Å². The molecule has 0 saturated carbocycles. The molecule has 0 bridgehead atoms. The summed E-state index contributed by atoms with van der Waals surface area (Å²) in [5.41, 5.74) is 1.34. The second-order valence-corrected chi connectivity index (χ2v) is 4.99. The van der Waals surface area contributed by atoms with Crippen molar-refractivity contribution in [3.8, 4) is 0 Å². The summed E-state index contributed by atoms with van der Waals surface area (Å²) in [7, 11) is 1.97. The summed E-state index contributed by atoms with van der Waals surface area (Å²) in [5.74, 6) is 0. The smallest absolute Gasteiger partial charge is 0.0202 e. The van der Waals surface area contributed by atoms with Crippen LogP contribution in [0, 0.1) is 0 Å². The van der Waals surface area contributed by atoms with E-state index in [1.807, 2.05) is 18.8 Å². The van der Waals surface area contributed by atoms with Crippen molar-refractivity contribution in [3.63, 3.8) is 0 Å². The van der Waals surface area contributed by atoms with Gasteiger partial charge in [-0.25, -0.2) is 0 Å². The minimum atomic E-state index is 0.662. The first-order valence-corrected chi connectivity index (χ1v) is 5.50. The van der Waals surface area contributed by atoms with Crippen molar-refractivity contribution in [1.82, 2.24) is 5.32 Å². The van der Waals surface area contributed by atoms with Gasteiger partial charge in [0.15, 0.2) is 0 Å². The summed E-state index contributed by atoms with van der Waals surface area (Å²) in [6.07, 6.45) is 0. The maximum atomic E-state index is 3.14. The van der Waals surface area contributed by atoms with E-state index in [2.05, 4.69) is 43.4 Å². The molecule has 2 heteroatoms. The summed E-state index contributed by atoms with van der Waals surface area (Å²) >= 11 is 1.90. The van der Waals surface area contributed by atoms with Crippen LogP contribution >= 0.6 is 11.8 Å². The molecule has 0 radical (unpaired) electrons. The van der Waals surface area contributed by atoms with Crippen molar-refractivity contribution in [2.24, 2.45) is 0 Å². The Kier molecular flexibility index (Phi) is 4.33. The normalized spacial score (nSPS) is 10.8. The van der Waals surface area contributed by atoms with Gasteiger partial charge < -0.3 is 5.32 Å². The van der Waals surface area contributed by atoms with E-state index in [0.717, 1.165) is 6.54 Å². The van der Waals surface area contributed by atoms with Crippen LogP contribution in [0.4, 0.5) is 0 Å². The van der Waals surface area contributed by atoms with E-state index < -0.39 is 0 Å². The molecule has 1 N–H and O–H groups in total. The molecule has 0 saturated heterocycles. The average molecular weight is 195 g/mol. The van der Waals surface area contributed by atoms with Crippen LogP contribution in [-0.4, -0.2) is 12.3 Å². The molecular formula is C11H17NS. The second-order valence-electron chi connectivity index (χ2n) is 3.34. The van der Waals surface area contributed by atoms with E-state index >= 15 is 0 Å². The zero-order chi connectivity index (χ0) is 9.68. The summed E-state index contributed by atoms with van der Waals surface area (Å²) in [4.78, 5) is 1.36. The summed E-state index contributed by atoms with van der Waals surface area (Å²) < 4.78 is 0. The van der Waals surface area contributed by atoms with Crippen LogP contribution in [0.1, 0.15) is 19.4 Å². The molecule has 0 fully saturated rings. The van der Waals surface area contributed by atoms with Gasteiger partial charge in [0.1, 0.15) is 0 Å². The molecular weight excluding hydrogens is 178 g/mol. The maximum Gasteiger partial charge on any atom is 0.0202 e. The summed E-state index contributed by atoms with van der Waals surface area (Å²) in [6, 6.07) is 8.75. The van der Waals surface area contributed by atoms with Gasteiger partial charge >= 0.3 is 0 Å². The third-order valence-corrected chi connectivity index (χ3v) is 2.69. The largest absolute Gasteiger partial charge is 0.316 e. The molecule has 0 aliphatic heterocycles. The van der Waals surface area contributed by atoms with Crippen LogP contribution in [0.5, 0.6) is 0 Å². The molecule has 0 heterocycles. The Morgan fingerprint density at radius 2 is 1.85 bits per heavy atom. The van der Waals surface area contributed by atoms with Crippen LogP contribution < -0.4 is 5.32 Å². The van der Waals surface area contributed by atoms with Gasteiger partial charge in [-0.1, -0.05) is 26.0 Å². The van der Waals surface area contributed by atoms with Crippen LogP contribution in [0.25, 0.3) is 0 Å². The number of thioether (sulfide) groups is 1. The van der Waals surface area contributed by atoms with Gasteiger partial charge in [-0.2, -0.15) is 0 Å². The maximum absolute atomic E-state index is 3.14. The Balaban J connectivity index is 2.59. The van der Waals surface area contributed by atoms with E-state index in [4.69, 9.17) is 0 Å². The van der Waals surface area contributed by atoms with E-state index in [0.29, 0.717) is 5.25 Å². The molecule has 0 unspecified atom stereocenters. The predicted octanol–water partition coefficient (Wildman–Crippen LogP) is 2.91. The molecule has 0 spiro atoms. The molecule has 72 valence electrons. The van der Waals surface area contributed by atoms with Crippen LogP contribution in [0.3, 0.4) is 0 Å². The Bertz CT molecular complexity index is 241.